The molecular weight excluding hydrogens is 417 g/mol. The van der Waals surface area contributed by atoms with E-state index in [2.05, 4.69) is 31.9 Å². The Morgan fingerprint density at radius 2 is 1.86 bits per heavy atom. The highest BCUT2D eigenvalue weighted by Gasteiger charge is 2.18. The molecule has 0 amide bonds. The molecule has 2 aromatic carbocycles. The van der Waals surface area contributed by atoms with E-state index in [9.17, 15) is 4.79 Å². The third-order valence-electron chi connectivity index (χ3n) is 3.37. The molecule has 0 spiro atoms. The van der Waals surface area contributed by atoms with Crippen LogP contribution in [-0.2, 0) is 7.05 Å². The third-order valence-corrected chi connectivity index (χ3v) is 4.76. The van der Waals surface area contributed by atoms with Crippen LogP contribution >= 0.6 is 43.5 Å². The summed E-state index contributed by atoms with van der Waals surface area (Å²) in [7, 11) is 1.91. The number of carbonyl (C=O) groups is 1. The number of aromatic nitrogens is 1. The zero-order valence-electron chi connectivity index (χ0n) is 11.0. The quantitative estimate of drug-likeness (QED) is 0.489. The maximum absolute atomic E-state index is 12.8. The Bertz CT molecular complexity index is 870. The Hall–Kier alpha value is -1.10. The minimum Gasteiger partial charge on any atom is -0.350 e. The third kappa shape index (κ3) is 2.68. The van der Waals surface area contributed by atoms with Crippen LogP contribution in [0.3, 0.4) is 0 Å². The molecule has 0 aliphatic rings. The van der Waals surface area contributed by atoms with Crippen molar-refractivity contribution in [3.05, 3.63) is 67.7 Å². The zero-order valence-corrected chi connectivity index (χ0v) is 15.0. The summed E-state index contributed by atoms with van der Waals surface area (Å²) in [5, 5.41) is 1.56. The Kier molecular flexibility index (Phi) is 3.95. The van der Waals surface area contributed by atoms with Gasteiger partial charge in [-0.15, -0.1) is 0 Å². The fourth-order valence-electron chi connectivity index (χ4n) is 2.36. The van der Waals surface area contributed by atoms with Gasteiger partial charge < -0.3 is 4.57 Å². The molecule has 0 radical (unpaired) electrons. The van der Waals surface area contributed by atoms with E-state index >= 15 is 0 Å². The van der Waals surface area contributed by atoms with Crippen molar-refractivity contribution in [3.63, 3.8) is 0 Å². The molecule has 106 valence electrons. The molecule has 0 bridgehead atoms. The summed E-state index contributed by atoms with van der Waals surface area (Å²) in [6, 6.07) is 11.1. The van der Waals surface area contributed by atoms with Gasteiger partial charge in [0.15, 0.2) is 5.78 Å². The van der Waals surface area contributed by atoms with Gasteiger partial charge in [0.1, 0.15) is 0 Å². The van der Waals surface area contributed by atoms with E-state index < -0.39 is 0 Å². The van der Waals surface area contributed by atoms with Gasteiger partial charge in [-0.2, -0.15) is 0 Å². The number of rotatable bonds is 2. The summed E-state index contributed by atoms with van der Waals surface area (Å²) in [6.07, 6.45) is 1.85. The first-order valence-corrected chi connectivity index (χ1v) is 8.18. The van der Waals surface area contributed by atoms with Crippen LogP contribution in [-0.4, -0.2) is 10.4 Å². The van der Waals surface area contributed by atoms with Crippen molar-refractivity contribution in [2.75, 3.05) is 0 Å². The van der Waals surface area contributed by atoms with Crippen LogP contribution in [0.15, 0.2) is 51.5 Å². The molecule has 21 heavy (non-hydrogen) atoms. The van der Waals surface area contributed by atoms with Gasteiger partial charge in [-0.1, -0.05) is 33.6 Å². The van der Waals surface area contributed by atoms with Crippen LogP contribution in [0.2, 0.25) is 5.02 Å². The zero-order chi connectivity index (χ0) is 15.1. The van der Waals surface area contributed by atoms with E-state index in [0.29, 0.717) is 16.1 Å². The smallest absolute Gasteiger partial charge is 0.196 e. The van der Waals surface area contributed by atoms with Crippen molar-refractivity contribution in [1.82, 2.24) is 4.57 Å². The van der Waals surface area contributed by atoms with Gasteiger partial charge in [0.05, 0.1) is 0 Å². The summed E-state index contributed by atoms with van der Waals surface area (Å²) in [5.41, 5.74) is 2.26. The molecule has 3 aromatic rings. The van der Waals surface area contributed by atoms with E-state index in [-0.39, 0.29) is 5.78 Å². The van der Waals surface area contributed by atoms with Gasteiger partial charge in [0.25, 0.3) is 0 Å². The number of hydrogen-bond donors (Lipinski definition) is 0. The van der Waals surface area contributed by atoms with Crippen molar-refractivity contribution in [2.45, 2.75) is 0 Å². The molecule has 0 N–H and O–H groups in total. The topological polar surface area (TPSA) is 22.0 Å². The predicted octanol–water partition coefficient (Wildman–Crippen LogP) is 5.59. The Labute approximate surface area is 144 Å². The minimum absolute atomic E-state index is 0.0118. The van der Waals surface area contributed by atoms with E-state index in [4.69, 9.17) is 11.6 Å². The summed E-state index contributed by atoms with van der Waals surface area (Å²) in [6.45, 7) is 0. The van der Waals surface area contributed by atoms with Crippen molar-refractivity contribution >= 4 is 60.1 Å². The van der Waals surface area contributed by atoms with Crippen LogP contribution < -0.4 is 0 Å². The molecule has 2 nitrogen and oxygen atoms in total. The first-order valence-electron chi connectivity index (χ1n) is 6.21. The molecule has 0 saturated heterocycles. The van der Waals surface area contributed by atoms with Crippen molar-refractivity contribution in [3.8, 4) is 0 Å². The Balaban J connectivity index is 2.18. The molecule has 0 aliphatic heterocycles. The number of hydrogen-bond acceptors (Lipinski definition) is 1. The van der Waals surface area contributed by atoms with Crippen LogP contribution in [0.25, 0.3) is 10.9 Å². The highest BCUT2D eigenvalue weighted by Crippen LogP contribution is 2.29. The number of aryl methyl sites for hydroxylation is 1. The predicted molar refractivity (Wildman–Crippen MR) is 93.2 cm³/mol. The highest BCUT2D eigenvalue weighted by atomic mass is 79.9. The fourth-order valence-corrected chi connectivity index (χ4v) is 3.75. The molecule has 1 aromatic heterocycles. The lowest BCUT2D eigenvalue weighted by Crippen LogP contribution is -2.01. The number of halogens is 3. The normalized spacial score (nSPS) is 11.0. The van der Waals surface area contributed by atoms with Crippen molar-refractivity contribution in [1.29, 1.82) is 0 Å². The van der Waals surface area contributed by atoms with Gasteiger partial charge in [-0.3, -0.25) is 4.79 Å². The average Bonchev–Trinajstić information content (AvgIpc) is 2.75. The van der Waals surface area contributed by atoms with E-state index in [0.717, 1.165) is 19.8 Å². The van der Waals surface area contributed by atoms with Crippen molar-refractivity contribution in [2.24, 2.45) is 7.05 Å². The minimum atomic E-state index is -0.0118. The standard InChI is InChI=1S/C16H10Br2ClNO/c1-20-8-13(11-5-3-10(19)7-15(11)20)16(21)12-4-2-9(17)6-14(12)18/h2-8H,1H3. The van der Waals surface area contributed by atoms with Crippen LogP contribution in [0.5, 0.6) is 0 Å². The van der Waals surface area contributed by atoms with Crippen molar-refractivity contribution < 1.29 is 4.79 Å². The highest BCUT2D eigenvalue weighted by molar-refractivity contribution is 9.11. The van der Waals surface area contributed by atoms with Crippen LogP contribution in [0.4, 0.5) is 0 Å². The molecular formula is C16H10Br2ClNO. The number of fused-ring (bicyclic) bond motifs is 1. The second-order valence-electron chi connectivity index (χ2n) is 4.77. The Morgan fingerprint density at radius 3 is 2.57 bits per heavy atom. The summed E-state index contributed by atoms with van der Waals surface area (Å²) < 4.78 is 3.62. The van der Waals surface area contributed by atoms with E-state index in [1.165, 1.54) is 0 Å². The number of nitrogens with zero attached hydrogens (tertiary/aromatic N) is 1. The molecule has 3 rings (SSSR count). The van der Waals surface area contributed by atoms with Crippen LogP contribution in [0, 0.1) is 0 Å². The lowest BCUT2D eigenvalue weighted by Gasteiger charge is -2.03. The number of benzene rings is 2. The molecule has 0 unspecified atom stereocenters. The molecule has 0 atom stereocenters. The number of ketones is 1. The van der Waals surface area contributed by atoms with Gasteiger partial charge in [-0.05, 0) is 46.3 Å². The summed E-state index contributed by atoms with van der Waals surface area (Å²) in [5.74, 6) is -0.0118. The van der Waals surface area contributed by atoms with E-state index in [1.807, 2.05) is 48.1 Å². The van der Waals surface area contributed by atoms with Gasteiger partial charge in [0, 0.05) is 49.2 Å². The Morgan fingerprint density at radius 1 is 1.10 bits per heavy atom. The SMILES string of the molecule is Cn1cc(C(=O)c2ccc(Br)cc2Br)c2ccc(Cl)cc21. The fraction of sp³-hybridized carbons (Fsp3) is 0.0625. The molecule has 0 fully saturated rings. The summed E-state index contributed by atoms with van der Waals surface area (Å²) in [4.78, 5) is 12.8. The second kappa shape index (κ2) is 5.59. The molecule has 1 heterocycles. The van der Waals surface area contributed by atoms with Gasteiger partial charge >= 0.3 is 0 Å². The molecule has 0 saturated carbocycles. The summed E-state index contributed by atoms with van der Waals surface area (Å²) >= 11 is 12.9. The average molecular weight is 428 g/mol. The van der Waals surface area contributed by atoms with Crippen LogP contribution in [0.1, 0.15) is 15.9 Å². The lowest BCUT2D eigenvalue weighted by molar-refractivity contribution is 0.103. The van der Waals surface area contributed by atoms with Gasteiger partial charge in [0.2, 0.25) is 0 Å². The van der Waals surface area contributed by atoms with Gasteiger partial charge in [-0.25, -0.2) is 0 Å². The first kappa shape index (κ1) is 14.8. The lowest BCUT2D eigenvalue weighted by atomic mass is 10.0. The maximum atomic E-state index is 12.8. The monoisotopic (exact) mass is 425 g/mol. The second-order valence-corrected chi connectivity index (χ2v) is 6.97. The maximum Gasteiger partial charge on any atom is 0.196 e. The largest absolute Gasteiger partial charge is 0.350 e. The number of carbonyl (C=O) groups excluding carboxylic acids is 1. The van der Waals surface area contributed by atoms with E-state index in [1.54, 1.807) is 6.07 Å². The first-order chi connectivity index (χ1) is 9.97. The molecule has 5 heteroatoms. The molecule has 0 aliphatic carbocycles.